The van der Waals surface area contributed by atoms with E-state index in [0.717, 1.165) is 6.42 Å². The summed E-state index contributed by atoms with van der Waals surface area (Å²) in [5.74, 6) is 0. The molecule has 3 aromatic rings. The molecule has 0 bridgehead atoms. The number of hydrogen-bond acceptors (Lipinski definition) is 0. The molecule has 0 saturated heterocycles. The van der Waals surface area contributed by atoms with Crippen molar-refractivity contribution in [1.29, 1.82) is 0 Å². The van der Waals surface area contributed by atoms with Gasteiger partial charge in [-0.1, -0.05) is 118 Å². The molecule has 0 unspecified atom stereocenters. The third kappa shape index (κ3) is 4.37. The molecular weight excluding hydrogens is 348 g/mol. The minimum atomic E-state index is 0.381. The topological polar surface area (TPSA) is 0 Å². The average Bonchev–Trinajstić information content (AvgIpc) is 3.14. The number of benzene rings is 3. The maximum Gasteiger partial charge on any atom is -0.00515 e. The van der Waals surface area contributed by atoms with Crippen molar-refractivity contribution in [2.45, 2.75) is 52.9 Å². The Morgan fingerprint density at radius 3 is 2.21 bits per heavy atom. The van der Waals surface area contributed by atoms with Gasteiger partial charge in [-0.25, -0.2) is 0 Å². The fourth-order valence-electron chi connectivity index (χ4n) is 4.75. The predicted octanol–water partition coefficient (Wildman–Crippen LogP) is 8.57. The molecule has 0 fully saturated rings. The Labute approximate surface area is 176 Å². The van der Waals surface area contributed by atoms with Gasteiger partial charge in [0, 0.05) is 0 Å². The molecule has 0 atom stereocenters. The second kappa shape index (κ2) is 8.41. The van der Waals surface area contributed by atoms with Gasteiger partial charge in [-0.15, -0.1) is 0 Å². The second-order valence-electron chi connectivity index (χ2n) is 9.21. The van der Waals surface area contributed by atoms with Crippen LogP contribution >= 0.6 is 0 Å². The molecule has 1 aliphatic carbocycles. The molecule has 0 saturated carbocycles. The van der Waals surface area contributed by atoms with E-state index < -0.39 is 0 Å². The summed E-state index contributed by atoms with van der Waals surface area (Å²) in [4.78, 5) is 0. The molecule has 3 aromatic carbocycles. The monoisotopic (exact) mass is 380 g/mol. The lowest BCUT2D eigenvalue weighted by Crippen LogP contribution is -2.12. The third-order valence-corrected chi connectivity index (χ3v) is 6.19. The Morgan fingerprint density at radius 1 is 0.759 bits per heavy atom. The van der Waals surface area contributed by atoms with Gasteiger partial charge >= 0.3 is 0 Å². The van der Waals surface area contributed by atoms with E-state index in [9.17, 15) is 0 Å². The molecule has 0 nitrogen and oxygen atoms in total. The number of fused-ring (bicyclic) bond motifs is 1. The SMILES string of the molecule is CCCCC(C)(C)CC1=Cc2cccc(-c3ccccc3-c3ccccc3)c2C1. The van der Waals surface area contributed by atoms with Crippen LogP contribution in [-0.4, -0.2) is 0 Å². The van der Waals surface area contributed by atoms with E-state index in [1.807, 2.05) is 0 Å². The molecule has 0 heteroatoms. The third-order valence-electron chi connectivity index (χ3n) is 6.19. The summed E-state index contributed by atoms with van der Waals surface area (Å²) in [7, 11) is 0. The van der Waals surface area contributed by atoms with Crippen LogP contribution in [0.4, 0.5) is 0 Å². The van der Waals surface area contributed by atoms with Crippen LogP contribution in [0.2, 0.25) is 0 Å². The smallest absolute Gasteiger partial charge is 0.00515 e. The molecule has 4 rings (SSSR count). The Morgan fingerprint density at radius 2 is 1.45 bits per heavy atom. The van der Waals surface area contributed by atoms with Crippen LogP contribution in [0.15, 0.2) is 78.4 Å². The van der Waals surface area contributed by atoms with E-state index in [-0.39, 0.29) is 0 Å². The predicted molar refractivity (Wildman–Crippen MR) is 127 cm³/mol. The zero-order chi connectivity index (χ0) is 20.3. The first-order valence-electron chi connectivity index (χ1n) is 11.0. The molecule has 0 spiro atoms. The van der Waals surface area contributed by atoms with E-state index in [2.05, 4.69) is 99.6 Å². The van der Waals surface area contributed by atoms with Crippen molar-refractivity contribution in [1.82, 2.24) is 0 Å². The normalized spacial score (nSPS) is 13.3. The van der Waals surface area contributed by atoms with Crippen molar-refractivity contribution in [2.75, 3.05) is 0 Å². The lowest BCUT2D eigenvalue weighted by atomic mass is 9.80. The number of unbranched alkanes of at least 4 members (excludes halogenated alkanes) is 1. The van der Waals surface area contributed by atoms with Gasteiger partial charge in [0.1, 0.15) is 0 Å². The summed E-state index contributed by atoms with van der Waals surface area (Å²) in [6.07, 6.45) is 8.65. The average molecular weight is 381 g/mol. The minimum absolute atomic E-state index is 0.381. The van der Waals surface area contributed by atoms with Crippen LogP contribution in [-0.2, 0) is 6.42 Å². The van der Waals surface area contributed by atoms with Gasteiger partial charge in [-0.3, -0.25) is 0 Å². The fourth-order valence-corrected chi connectivity index (χ4v) is 4.75. The highest BCUT2D eigenvalue weighted by Gasteiger charge is 2.24. The molecule has 29 heavy (non-hydrogen) atoms. The standard InChI is InChI=1S/C29H32/c1-4-5-18-29(2,3)21-22-19-24-14-11-17-27(28(24)20-22)26-16-10-9-15-25(26)23-12-7-6-8-13-23/h6-17,19H,4-5,18,20-21H2,1-3H3. The van der Waals surface area contributed by atoms with Gasteiger partial charge in [-0.05, 0) is 58.1 Å². The van der Waals surface area contributed by atoms with Gasteiger partial charge in [0.2, 0.25) is 0 Å². The Kier molecular flexibility index (Phi) is 5.72. The van der Waals surface area contributed by atoms with Crippen LogP contribution < -0.4 is 0 Å². The maximum absolute atomic E-state index is 2.46. The first-order chi connectivity index (χ1) is 14.1. The summed E-state index contributed by atoms with van der Waals surface area (Å²) in [5, 5.41) is 0. The highest BCUT2D eigenvalue weighted by atomic mass is 14.3. The zero-order valence-corrected chi connectivity index (χ0v) is 18.0. The van der Waals surface area contributed by atoms with Crippen LogP contribution in [0.25, 0.3) is 28.3 Å². The number of hydrogen-bond donors (Lipinski definition) is 0. The van der Waals surface area contributed by atoms with E-state index in [4.69, 9.17) is 0 Å². The van der Waals surface area contributed by atoms with E-state index in [1.54, 1.807) is 5.57 Å². The van der Waals surface area contributed by atoms with Gasteiger partial charge in [0.25, 0.3) is 0 Å². The summed E-state index contributed by atoms with van der Waals surface area (Å²) >= 11 is 0. The van der Waals surface area contributed by atoms with Gasteiger partial charge in [0.05, 0.1) is 0 Å². The molecule has 0 N–H and O–H groups in total. The molecule has 0 aromatic heterocycles. The molecule has 1 aliphatic rings. The molecule has 0 radical (unpaired) electrons. The Hall–Kier alpha value is -2.60. The number of allylic oxidation sites excluding steroid dienone is 1. The molecule has 0 aliphatic heterocycles. The quantitative estimate of drug-likeness (QED) is 0.385. The van der Waals surface area contributed by atoms with Crippen LogP contribution in [0.5, 0.6) is 0 Å². The molecule has 0 heterocycles. The van der Waals surface area contributed by atoms with Crippen molar-refractivity contribution >= 4 is 6.08 Å². The van der Waals surface area contributed by atoms with E-state index in [0.29, 0.717) is 5.41 Å². The Bertz CT molecular complexity index is 1010. The van der Waals surface area contributed by atoms with Gasteiger partial charge < -0.3 is 0 Å². The van der Waals surface area contributed by atoms with Crippen molar-refractivity contribution in [2.24, 2.45) is 5.41 Å². The largest absolute Gasteiger partial charge is 0.0654 e. The highest BCUT2D eigenvalue weighted by Crippen LogP contribution is 2.42. The van der Waals surface area contributed by atoms with Crippen LogP contribution in [0.1, 0.15) is 57.6 Å². The zero-order valence-electron chi connectivity index (χ0n) is 18.0. The lowest BCUT2D eigenvalue weighted by Gasteiger charge is -2.25. The van der Waals surface area contributed by atoms with Gasteiger partial charge in [-0.2, -0.15) is 0 Å². The van der Waals surface area contributed by atoms with Crippen molar-refractivity contribution in [3.8, 4) is 22.3 Å². The number of rotatable bonds is 7. The molecule has 148 valence electrons. The van der Waals surface area contributed by atoms with E-state index in [1.165, 1.54) is 59.1 Å². The first kappa shape index (κ1) is 19.7. The van der Waals surface area contributed by atoms with E-state index >= 15 is 0 Å². The van der Waals surface area contributed by atoms with Crippen molar-refractivity contribution in [3.05, 3.63) is 89.5 Å². The first-order valence-corrected chi connectivity index (χ1v) is 11.0. The minimum Gasteiger partial charge on any atom is -0.0654 e. The maximum atomic E-state index is 2.46. The fraction of sp³-hybridized carbons (Fsp3) is 0.310. The Balaban J connectivity index is 1.66. The highest BCUT2D eigenvalue weighted by molar-refractivity contribution is 5.87. The summed E-state index contributed by atoms with van der Waals surface area (Å²) in [6, 6.07) is 26.4. The van der Waals surface area contributed by atoms with Crippen LogP contribution in [0.3, 0.4) is 0 Å². The summed E-state index contributed by atoms with van der Waals surface area (Å²) in [5.41, 5.74) is 10.2. The summed E-state index contributed by atoms with van der Waals surface area (Å²) < 4.78 is 0. The van der Waals surface area contributed by atoms with Crippen molar-refractivity contribution in [3.63, 3.8) is 0 Å². The van der Waals surface area contributed by atoms with Crippen molar-refractivity contribution < 1.29 is 0 Å². The molecule has 0 amide bonds. The van der Waals surface area contributed by atoms with Crippen LogP contribution in [0, 0.1) is 5.41 Å². The second-order valence-corrected chi connectivity index (χ2v) is 9.21. The lowest BCUT2D eigenvalue weighted by molar-refractivity contribution is 0.320. The van der Waals surface area contributed by atoms with Gasteiger partial charge in [0.15, 0.2) is 0 Å². The molecular formula is C29H32. The summed E-state index contributed by atoms with van der Waals surface area (Å²) in [6.45, 7) is 7.15.